The average Bonchev–Trinajstić information content (AvgIpc) is 3.07. The number of carbonyl (C=O) groups is 1. The number of nitrogens with zero attached hydrogens (tertiary/aromatic N) is 3. The number of rotatable bonds is 5. The molecule has 0 aliphatic carbocycles. The van der Waals surface area contributed by atoms with E-state index in [1.54, 1.807) is 30.2 Å². The van der Waals surface area contributed by atoms with Gasteiger partial charge in [0.15, 0.2) is 0 Å². The number of primary amides is 1. The van der Waals surface area contributed by atoms with Crippen LogP contribution in [0.3, 0.4) is 0 Å². The summed E-state index contributed by atoms with van der Waals surface area (Å²) in [7, 11) is 0. The van der Waals surface area contributed by atoms with Gasteiger partial charge in [-0.2, -0.15) is 0 Å². The van der Waals surface area contributed by atoms with Gasteiger partial charge in [0.25, 0.3) is 0 Å². The fourth-order valence-electron chi connectivity index (χ4n) is 2.22. The Morgan fingerprint density at radius 2 is 1.76 bits per heavy atom. The zero-order chi connectivity index (χ0) is 17.8. The lowest BCUT2D eigenvalue weighted by Crippen LogP contribution is -2.31. The van der Waals surface area contributed by atoms with Gasteiger partial charge in [-0.1, -0.05) is 30.8 Å². The van der Waals surface area contributed by atoms with Crippen LogP contribution in [0.1, 0.15) is 25.5 Å². The maximum atomic E-state index is 11.9. The largest absolute Gasteiger partial charge is 0.351 e. The highest BCUT2D eigenvalue weighted by atomic mass is 32.2. The molecule has 0 aliphatic rings. The lowest BCUT2D eigenvalue weighted by Gasteiger charge is -2.16. The van der Waals surface area contributed by atoms with Gasteiger partial charge in [-0.25, -0.2) is 9.69 Å². The van der Waals surface area contributed by atoms with Crippen molar-refractivity contribution in [1.82, 2.24) is 10.1 Å². The monoisotopic (exact) mass is 354 g/mol. The Morgan fingerprint density at radius 3 is 2.32 bits per heavy atom. The van der Waals surface area contributed by atoms with E-state index >= 15 is 0 Å². The number of amides is 2. The summed E-state index contributed by atoms with van der Waals surface area (Å²) in [6.45, 7) is 4.00. The molecule has 1 aromatic carbocycles. The van der Waals surface area contributed by atoms with Gasteiger partial charge in [0.2, 0.25) is 5.88 Å². The van der Waals surface area contributed by atoms with E-state index in [0.29, 0.717) is 11.6 Å². The second-order valence-corrected chi connectivity index (χ2v) is 6.84. The molecule has 0 atom stereocenters. The van der Waals surface area contributed by atoms with Gasteiger partial charge in [0.05, 0.1) is 11.4 Å². The molecule has 6 nitrogen and oxygen atoms in total. The minimum atomic E-state index is -0.624. The molecule has 2 amide bonds. The number of carbonyl (C=O) groups excluding carboxylic acids is 1. The van der Waals surface area contributed by atoms with Crippen LogP contribution in [-0.2, 0) is 0 Å². The van der Waals surface area contributed by atoms with E-state index in [1.807, 2.05) is 50.2 Å². The summed E-state index contributed by atoms with van der Waals surface area (Å²) in [6.07, 6.45) is 3.50. The zero-order valence-electron chi connectivity index (χ0n) is 13.9. The van der Waals surface area contributed by atoms with Crippen LogP contribution in [0.4, 0.5) is 16.4 Å². The first-order valence-electron chi connectivity index (χ1n) is 7.78. The molecule has 25 heavy (non-hydrogen) atoms. The first-order chi connectivity index (χ1) is 12.0. The summed E-state index contributed by atoms with van der Waals surface area (Å²) in [6, 6.07) is 12.5. The van der Waals surface area contributed by atoms with Gasteiger partial charge in [-0.15, -0.1) is 0 Å². The van der Waals surface area contributed by atoms with Gasteiger partial charge in [-0.3, -0.25) is 4.98 Å². The van der Waals surface area contributed by atoms with Crippen LogP contribution in [0.5, 0.6) is 0 Å². The smallest absolute Gasteiger partial charge is 0.326 e. The molecule has 0 saturated heterocycles. The Labute approximate surface area is 150 Å². The summed E-state index contributed by atoms with van der Waals surface area (Å²) in [5.41, 5.74) is 6.93. The Morgan fingerprint density at radius 1 is 1.12 bits per heavy atom. The Kier molecular flexibility index (Phi) is 5.04. The quantitative estimate of drug-likeness (QED) is 0.726. The minimum absolute atomic E-state index is 0.200. The van der Waals surface area contributed by atoms with E-state index in [2.05, 4.69) is 10.1 Å². The number of nitrogens with two attached hydrogens (primary N) is 1. The summed E-state index contributed by atoms with van der Waals surface area (Å²) in [5, 5.41) is 3.98. The molecule has 0 unspecified atom stereocenters. The summed E-state index contributed by atoms with van der Waals surface area (Å²) >= 11 is 1.61. The fourth-order valence-corrected chi connectivity index (χ4v) is 3.03. The molecular formula is C18H18N4O2S. The average molecular weight is 354 g/mol. The lowest BCUT2D eigenvalue weighted by atomic mass is 10.1. The molecule has 7 heteroatoms. The molecule has 0 saturated carbocycles. The van der Waals surface area contributed by atoms with E-state index in [0.717, 1.165) is 15.5 Å². The molecule has 0 fully saturated rings. The number of urea groups is 1. The molecule has 2 heterocycles. The Balaban J connectivity index is 1.83. The molecular weight excluding hydrogens is 336 g/mol. The highest BCUT2D eigenvalue weighted by Crippen LogP contribution is 2.32. The number of aromatic nitrogens is 2. The molecule has 0 aliphatic heterocycles. The van der Waals surface area contributed by atoms with Crippen molar-refractivity contribution in [2.75, 3.05) is 4.90 Å². The summed E-state index contributed by atoms with van der Waals surface area (Å²) in [4.78, 5) is 19.3. The third-order valence-corrected chi connectivity index (χ3v) is 4.54. The molecule has 0 radical (unpaired) electrons. The number of pyridine rings is 1. The van der Waals surface area contributed by atoms with E-state index in [4.69, 9.17) is 10.3 Å². The van der Waals surface area contributed by atoms with E-state index in [1.165, 1.54) is 4.90 Å². The van der Waals surface area contributed by atoms with Gasteiger partial charge < -0.3 is 10.3 Å². The van der Waals surface area contributed by atoms with Crippen LogP contribution < -0.4 is 10.6 Å². The Bertz CT molecular complexity index is 847. The number of hydrogen-bond acceptors (Lipinski definition) is 5. The van der Waals surface area contributed by atoms with Gasteiger partial charge >= 0.3 is 6.03 Å². The maximum absolute atomic E-state index is 11.9. The minimum Gasteiger partial charge on any atom is -0.351 e. The van der Waals surface area contributed by atoms with Gasteiger partial charge in [-0.05, 0) is 42.3 Å². The normalized spacial score (nSPS) is 10.8. The SMILES string of the molecule is CC(C)c1cc(N(C(N)=O)c2ccc(Sc3ccncc3)cc2)on1. The second kappa shape index (κ2) is 7.40. The van der Waals surface area contributed by atoms with Crippen molar-refractivity contribution in [3.05, 3.63) is 60.6 Å². The summed E-state index contributed by atoms with van der Waals surface area (Å²) < 4.78 is 5.29. The standard InChI is InChI=1S/C18H18N4O2S/c1-12(2)16-11-17(24-21-16)22(18(19)23)13-3-5-14(6-4-13)25-15-7-9-20-10-8-15/h3-12H,1-2H3,(H2,19,23). The van der Waals surface area contributed by atoms with Crippen molar-refractivity contribution >= 4 is 29.4 Å². The van der Waals surface area contributed by atoms with Gasteiger partial charge in [0.1, 0.15) is 0 Å². The van der Waals surface area contributed by atoms with Crippen molar-refractivity contribution in [2.45, 2.75) is 29.6 Å². The predicted molar refractivity (Wildman–Crippen MR) is 97.1 cm³/mol. The number of hydrogen-bond donors (Lipinski definition) is 1. The molecule has 128 valence electrons. The maximum Gasteiger partial charge on any atom is 0.326 e. The second-order valence-electron chi connectivity index (χ2n) is 5.70. The van der Waals surface area contributed by atoms with Crippen LogP contribution in [0.2, 0.25) is 0 Å². The number of benzene rings is 1. The first kappa shape index (κ1) is 17.0. The molecule has 0 bridgehead atoms. The Hall–Kier alpha value is -2.80. The molecule has 0 spiro atoms. The van der Waals surface area contributed by atoms with Crippen LogP contribution in [0, 0.1) is 0 Å². The highest BCUT2D eigenvalue weighted by molar-refractivity contribution is 7.99. The highest BCUT2D eigenvalue weighted by Gasteiger charge is 2.20. The van der Waals surface area contributed by atoms with E-state index < -0.39 is 6.03 Å². The van der Waals surface area contributed by atoms with Crippen LogP contribution in [0.15, 0.2) is 69.2 Å². The zero-order valence-corrected chi connectivity index (χ0v) is 14.7. The summed E-state index contributed by atoms with van der Waals surface area (Å²) in [5.74, 6) is 0.511. The van der Waals surface area contributed by atoms with E-state index in [9.17, 15) is 4.79 Å². The van der Waals surface area contributed by atoms with Crippen molar-refractivity contribution in [2.24, 2.45) is 5.73 Å². The molecule has 3 aromatic rings. The molecule has 3 rings (SSSR count). The van der Waals surface area contributed by atoms with Crippen molar-refractivity contribution < 1.29 is 9.32 Å². The molecule has 2 aromatic heterocycles. The van der Waals surface area contributed by atoms with Crippen LogP contribution in [-0.4, -0.2) is 16.2 Å². The van der Waals surface area contributed by atoms with Crippen molar-refractivity contribution in [3.63, 3.8) is 0 Å². The first-order valence-corrected chi connectivity index (χ1v) is 8.60. The predicted octanol–water partition coefficient (Wildman–Crippen LogP) is 4.56. The van der Waals surface area contributed by atoms with Crippen LogP contribution >= 0.6 is 11.8 Å². The van der Waals surface area contributed by atoms with Crippen molar-refractivity contribution in [3.8, 4) is 0 Å². The molecule has 2 N–H and O–H groups in total. The number of anilines is 2. The third-order valence-electron chi connectivity index (χ3n) is 3.53. The van der Waals surface area contributed by atoms with Crippen LogP contribution in [0.25, 0.3) is 0 Å². The lowest BCUT2D eigenvalue weighted by molar-refractivity contribution is 0.254. The van der Waals surface area contributed by atoms with Gasteiger partial charge in [0, 0.05) is 28.3 Å². The van der Waals surface area contributed by atoms with E-state index in [-0.39, 0.29) is 5.92 Å². The van der Waals surface area contributed by atoms with Crippen molar-refractivity contribution in [1.29, 1.82) is 0 Å². The topological polar surface area (TPSA) is 85.2 Å². The fraction of sp³-hybridized carbons (Fsp3) is 0.167. The third kappa shape index (κ3) is 4.00.